The van der Waals surface area contributed by atoms with Crippen molar-refractivity contribution < 1.29 is 0 Å². The highest BCUT2D eigenvalue weighted by Crippen LogP contribution is 2.30. The van der Waals surface area contributed by atoms with E-state index < -0.39 is 0 Å². The van der Waals surface area contributed by atoms with Crippen LogP contribution in [0.5, 0.6) is 0 Å². The molecule has 0 aliphatic heterocycles. The van der Waals surface area contributed by atoms with Crippen molar-refractivity contribution in [2.75, 3.05) is 13.1 Å². The second-order valence-electron chi connectivity index (χ2n) is 5.09. The largest absolute Gasteiger partial charge is 0.329 e. The summed E-state index contributed by atoms with van der Waals surface area (Å²) in [5.74, 6) is 0. The molecule has 0 aliphatic rings. The smallest absolute Gasteiger partial charge is 0.0454 e. The average Bonchev–Trinajstić information content (AvgIpc) is 2.49. The van der Waals surface area contributed by atoms with Crippen molar-refractivity contribution >= 4 is 23.2 Å². The van der Waals surface area contributed by atoms with Crippen molar-refractivity contribution in [2.24, 2.45) is 5.73 Å². The van der Waals surface area contributed by atoms with Crippen molar-refractivity contribution in [3.63, 3.8) is 0 Å². The van der Waals surface area contributed by atoms with Crippen molar-refractivity contribution in [1.29, 1.82) is 0 Å². The van der Waals surface area contributed by atoms with Gasteiger partial charge in [-0.05, 0) is 36.2 Å². The van der Waals surface area contributed by atoms with E-state index in [0.29, 0.717) is 11.6 Å². The summed E-state index contributed by atoms with van der Waals surface area (Å²) >= 11 is 12.4. The lowest BCUT2D eigenvalue weighted by Gasteiger charge is -2.29. The van der Waals surface area contributed by atoms with Gasteiger partial charge in [0.25, 0.3) is 0 Å². The monoisotopic (exact) mass is 322 g/mol. The fraction of sp³-hybridized carbons (Fsp3) is 0.294. The molecule has 21 heavy (non-hydrogen) atoms. The quantitative estimate of drug-likeness (QED) is 0.847. The zero-order chi connectivity index (χ0) is 15.2. The zero-order valence-electron chi connectivity index (χ0n) is 12.1. The maximum atomic E-state index is 6.32. The van der Waals surface area contributed by atoms with Crippen LogP contribution in [-0.2, 0) is 6.54 Å². The van der Waals surface area contributed by atoms with E-state index in [4.69, 9.17) is 28.9 Å². The Bertz CT molecular complexity index is 572. The SMILES string of the molecule is CC(c1cc(Cl)ccc1Cl)N(CCN)Cc1ccccc1. The summed E-state index contributed by atoms with van der Waals surface area (Å²) in [7, 11) is 0. The number of benzene rings is 2. The van der Waals surface area contributed by atoms with Crippen LogP contribution in [0.15, 0.2) is 48.5 Å². The first-order chi connectivity index (χ1) is 10.1. The minimum absolute atomic E-state index is 0.153. The van der Waals surface area contributed by atoms with E-state index >= 15 is 0 Å². The Hall–Kier alpha value is -1.06. The van der Waals surface area contributed by atoms with Crippen LogP contribution in [0.4, 0.5) is 0 Å². The number of nitrogens with zero attached hydrogens (tertiary/aromatic N) is 1. The first kappa shape index (κ1) is 16.3. The highest BCUT2D eigenvalue weighted by atomic mass is 35.5. The number of rotatable bonds is 6. The van der Waals surface area contributed by atoms with Gasteiger partial charge in [-0.15, -0.1) is 0 Å². The highest BCUT2D eigenvalue weighted by molar-refractivity contribution is 6.33. The van der Waals surface area contributed by atoms with Gasteiger partial charge in [0.1, 0.15) is 0 Å². The van der Waals surface area contributed by atoms with Gasteiger partial charge in [-0.2, -0.15) is 0 Å². The molecule has 112 valence electrons. The normalized spacial score (nSPS) is 12.6. The van der Waals surface area contributed by atoms with E-state index in [1.54, 1.807) is 0 Å². The molecule has 0 bridgehead atoms. The van der Waals surface area contributed by atoms with E-state index in [0.717, 1.165) is 23.7 Å². The Labute approximate surface area is 136 Å². The van der Waals surface area contributed by atoms with Gasteiger partial charge >= 0.3 is 0 Å². The second kappa shape index (κ2) is 7.81. The predicted octanol–water partition coefficient (Wildman–Crippen LogP) is 4.52. The maximum absolute atomic E-state index is 6.32. The number of nitrogens with two attached hydrogens (primary N) is 1. The summed E-state index contributed by atoms with van der Waals surface area (Å²) in [5, 5.41) is 1.44. The molecule has 1 atom stereocenters. The topological polar surface area (TPSA) is 29.3 Å². The number of hydrogen-bond donors (Lipinski definition) is 1. The first-order valence-electron chi connectivity index (χ1n) is 7.05. The van der Waals surface area contributed by atoms with E-state index in [-0.39, 0.29) is 6.04 Å². The third-order valence-corrected chi connectivity index (χ3v) is 4.18. The van der Waals surface area contributed by atoms with Gasteiger partial charge in [-0.25, -0.2) is 0 Å². The molecule has 2 aromatic carbocycles. The third kappa shape index (κ3) is 4.45. The fourth-order valence-corrected chi connectivity index (χ4v) is 2.88. The maximum Gasteiger partial charge on any atom is 0.0454 e. The molecule has 0 saturated heterocycles. The Balaban J connectivity index is 2.22. The molecule has 2 nitrogen and oxygen atoms in total. The van der Waals surface area contributed by atoms with Gasteiger partial charge < -0.3 is 5.73 Å². The molecular formula is C17H20Cl2N2. The van der Waals surface area contributed by atoms with Crippen molar-refractivity contribution in [2.45, 2.75) is 19.5 Å². The summed E-state index contributed by atoms with van der Waals surface area (Å²) in [6.45, 7) is 4.38. The lowest BCUT2D eigenvalue weighted by Crippen LogP contribution is -2.31. The summed E-state index contributed by atoms with van der Waals surface area (Å²) in [6.07, 6.45) is 0. The van der Waals surface area contributed by atoms with Gasteiger partial charge in [-0.1, -0.05) is 53.5 Å². The van der Waals surface area contributed by atoms with Crippen LogP contribution in [0.25, 0.3) is 0 Å². The Morgan fingerprint density at radius 2 is 1.81 bits per heavy atom. The minimum atomic E-state index is 0.153. The Morgan fingerprint density at radius 3 is 2.48 bits per heavy atom. The lowest BCUT2D eigenvalue weighted by molar-refractivity contribution is 0.207. The summed E-state index contributed by atoms with van der Waals surface area (Å²) in [5.41, 5.74) is 8.06. The van der Waals surface area contributed by atoms with Crippen LogP contribution < -0.4 is 5.73 Å². The molecule has 0 amide bonds. The molecule has 0 aromatic heterocycles. The van der Waals surface area contributed by atoms with Crippen LogP contribution in [0, 0.1) is 0 Å². The van der Waals surface area contributed by atoms with Crippen molar-refractivity contribution in [3.05, 3.63) is 69.7 Å². The van der Waals surface area contributed by atoms with Crippen LogP contribution >= 0.6 is 23.2 Å². The first-order valence-corrected chi connectivity index (χ1v) is 7.80. The van der Waals surface area contributed by atoms with Crippen LogP contribution in [0.2, 0.25) is 10.0 Å². The highest BCUT2D eigenvalue weighted by Gasteiger charge is 2.18. The molecule has 2 aromatic rings. The molecule has 0 spiro atoms. The summed E-state index contributed by atoms with van der Waals surface area (Å²) in [4.78, 5) is 2.31. The molecule has 0 aliphatic carbocycles. The van der Waals surface area contributed by atoms with Gasteiger partial charge in [0, 0.05) is 35.7 Å². The molecule has 0 heterocycles. The zero-order valence-corrected chi connectivity index (χ0v) is 13.6. The van der Waals surface area contributed by atoms with Crippen molar-refractivity contribution in [1.82, 2.24) is 4.90 Å². The van der Waals surface area contributed by atoms with Crippen LogP contribution in [0.1, 0.15) is 24.1 Å². The molecular weight excluding hydrogens is 303 g/mol. The summed E-state index contributed by atoms with van der Waals surface area (Å²) in [6, 6.07) is 16.1. The fourth-order valence-electron chi connectivity index (χ4n) is 2.42. The van der Waals surface area contributed by atoms with E-state index in [1.165, 1.54) is 5.56 Å². The molecule has 2 N–H and O–H groups in total. The van der Waals surface area contributed by atoms with Gasteiger partial charge in [0.2, 0.25) is 0 Å². The standard InChI is InChI=1S/C17H20Cl2N2/c1-13(16-11-15(18)7-8-17(16)19)21(10-9-20)12-14-5-3-2-4-6-14/h2-8,11,13H,9-10,12,20H2,1H3. The molecule has 1 unspecified atom stereocenters. The predicted molar refractivity (Wildman–Crippen MR) is 90.8 cm³/mol. The molecule has 0 saturated carbocycles. The van der Waals surface area contributed by atoms with Crippen LogP contribution in [0.3, 0.4) is 0 Å². The third-order valence-electron chi connectivity index (χ3n) is 3.60. The second-order valence-corrected chi connectivity index (χ2v) is 5.93. The van der Waals surface area contributed by atoms with E-state index in [1.807, 2.05) is 36.4 Å². The van der Waals surface area contributed by atoms with E-state index in [2.05, 4.69) is 24.0 Å². The van der Waals surface area contributed by atoms with Gasteiger partial charge in [0.15, 0.2) is 0 Å². The summed E-state index contributed by atoms with van der Waals surface area (Å²) < 4.78 is 0. The Kier molecular flexibility index (Phi) is 6.07. The van der Waals surface area contributed by atoms with Gasteiger partial charge in [0.05, 0.1) is 0 Å². The van der Waals surface area contributed by atoms with Crippen molar-refractivity contribution in [3.8, 4) is 0 Å². The number of hydrogen-bond acceptors (Lipinski definition) is 2. The minimum Gasteiger partial charge on any atom is -0.329 e. The van der Waals surface area contributed by atoms with Gasteiger partial charge in [-0.3, -0.25) is 4.90 Å². The molecule has 2 rings (SSSR count). The lowest BCUT2D eigenvalue weighted by atomic mass is 10.1. The Morgan fingerprint density at radius 1 is 1.10 bits per heavy atom. The number of halogens is 2. The average molecular weight is 323 g/mol. The molecule has 4 heteroatoms. The molecule has 0 fully saturated rings. The molecule has 0 radical (unpaired) electrons. The van der Waals surface area contributed by atoms with Crippen LogP contribution in [-0.4, -0.2) is 18.0 Å². The van der Waals surface area contributed by atoms with E-state index in [9.17, 15) is 0 Å².